The predicted octanol–water partition coefficient (Wildman–Crippen LogP) is 5.72. The van der Waals surface area contributed by atoms with Crippen molar-refractivity contribution in [2.45, 2.75) is 0 Å². The molecule has 0 spiro atoms. The third-order valence-corrected chi connectivity index (χ3v) is 18.8. The average Bonchev–Trinajstić information content (AvgIpc) is 2.46. The van der Waals surface area contributed by atoms with Gasteiger partial charge in [-0.3, -0.25) is 0 Å². The Morgan fingerprint density at radius 3 is 1.68 bits per heavy atom. The van der Waals surface area contributed by atoms with Crippen molar-refractivity contribution in [1.29, 1.82) is 0 Å². The van der Waals surface area contributed by atoms with Crippen molar-refractivity contribution < 1.29 is 0 Å². The van der Waals surface area contributed by atoms with Crippen molar-refractivity contribution in [2.24, 2.45) is 4.52 Å². The van der Waals surface area contributed by atoms with Gasteiger partial charge in [-0.2, -0.15) is 0 Å². The second-order valence-electron chi connectivity index (χ2n) is 4.84. The summed E-state index contributed by atoms with van der Waals surface area (Å²) in [5.41, 5.74) is 0. The Hall–Kier alpha value is 0.610. The van der Waals surface area contributed by atoms with E-state index in [0.717, 1.165) is 10.6 Å². The fourth-order valence-electron chi connectivity index (χ4n) is 2.45. The van der Waals surface area contributed by atoms with Gasteiger partial charge in [-0.05, 0) is 0 Å². The molecule has 0 saturated heterocycles. The summed E-state index contributed by atoms with van der Waals surface area (Å²) in [5, 5.41) is 2.04. The van der Waals surface area contributed by atoms with Crippen LogP contribution in [0, 0.1) is 0 Å². The third kappa shape index (κ3) is 3.65. The van der Waals surface area contributed by atoms with Crippen LogP contribution in [0.25, 0.3) is 0 Å². The monoisotopic (exact) mass is 433 g/mol. The van der Waals surface area contributed by atoms with E-state index in [1.807, 2.05) is 60.7 Å². The van der Waals surface area contributed by atoms with Gasteiger partial charge >= 0.3 is 150 Å². The molecule has 3 rings (SSSR count). The van der Waals surface area contributed by atoms with Gasteiger partial charge < -0.3 is 0 Å². The predicted molar refractivity (Wildman–Crippen MR) is 108 cm³/mol. The number of hydrogen-bond donors (Lipinski definition) is 2. The van der Waals surface area contributed by atoms with E-state index in [1.54, 1.807) is 0 Å². The van der Waals surface area contributed by atoms with E-state index in [0.29, 0.717) is 0 Å². The van der Waals surface area contributed by atoms with Crippen LogP contribution in [0.3, 0.4) is 0 Å². The van der Waals surface area contributed by atoms with Crippen LogP contribution in [0.5, 0.6) is 0 Å². The Labute approximate surface area is 149 Å². The summed E-state index contributed by atoms with van der Waals surface area (Å²) in [5.74, 6) is -2.79. The molecule has 2 aromatic carbocycles. The summed E-state index contributed by atoms with van der Waals surface area (Å²) in [7, 11) is -2.81. The summed E-state index contributed by atoms with van der Waals surface area (Å²) < 4.78 is 4.81. The minimum absolute atomic E-state index is 1.02. The molecule has 0 atom stereocenters. The van der Waals surface area contributed by atoms with E-state index in [2.05, 4.69) is 9.72 Å². The zero-order chi connectivity index (χ0) is 15.8. The van der Waals surface area contributed by atoms with E-state index in [-0.39, 0.29) is 0 Å². The number of benzene rings is 2. The molecule has 0 saturated carbocycles. The zero-order valence-electron chi connectivity index (χ0n) is 11.2. The normalized spacial score (nSPS) is 24.7. The summed E-state index contributed by atoms with van der Waals surface area (Å²) >= 11 is 25.7. The van der Waals surface area contributed by atoms with Gasteiger partial charge in [-0.1, -0.05) is 0 Å². The van der Waals surface area contributed by atoms with Gasteiger partial charge in [-0.15, -0.1) is 0 Å². The molecule has 2 N–H and O–H groups in total. The quantitative estimate of drug-likeness (QED) is 0.593. The van der Waals surface area contributed by atoms with Crippen LogP contribution in [0.2, 0.25) is 0 Å². The molecule has 0 amide bonds. The second kappa shape index (κ2) is 6.49. The molecular formula is C12H14Cl4N3P3. The topological polar surface area (TPSA) is 36.4 Å². The fraction of sp³-hybridized carbons (Fsp3) is 0. The molecule has 22 heavy (non-hydrogen) atoms. The summed E-state index contributed by atoms with van der Waals surface area (Å²) in [6.07, 6.45) is -3.03. The van der Waals surface area contributed by atoms with E-state index >= 15 is 0 Å². The van der Waals surface area contributed by atoms with Crippen LogP contribution in [0.1, 0.15) is 0 Å². The van der Waals surface area contributed by atoms with Crippen LogP contribution in [-0.4, -0.2) is 0 Å². The molecule has 3 nitrogen and oxygen atoms in total. The van der Waals surface area contributed by atoms with Gasteiger partial charge in [0.05, 0.1) is 0 Å². The van der Waals surface area contributed by atoms with E-state index in [1.165, 1.54) is 0 Å². The molecule has 0 aliphatic carbocycles. The van der Waals surface area contributed by atoms with E-state index < -0.39 is 19.7 Å². The van der Waals surface area contributed by atoms with Crippen molar-refractivity contribution >= 4 is 75.3 Å². The third-order valence-electron chi connectivity index (χ3n) is 3.27. The summed E-state index contributed by atoms with van der Waals surface area (Å²) in [6.45, 7) is 0. The first kappa shape index (κ1) is 17.4. The summed E-state index contributed by atoms with van der Waals surface area (Å²) in [6, 6.07) is 19.8. The van der Waals surface area contributed by atoms with Crippen molar-refractivity contribution in [3.63, 3.8) is 0 Å². The molecule has 0 fully saturated rings. The van der Waals surface area contributed by atoms with Gasteiger partial charge in [0.25, 0.3) is 0 Å². The molecule has 0 aromatic heterocycles. The molecule has 1 aliphatic heterocycles. The van der Waals surface area contributed by atoms with Crippen LogP contribution in [-0.2, 0) is 0 Å². The van der Waals surface area contributed by atoms with Crippen LogP contribution in [0.4, 0.5) is 0 Å². The van der Waals surface area contributed by atoms with Crippen LogP contribution >= 0.6 is 64.7 Å². The van der Waals surface area contributed by atoms with Gasteiger partial charge in [0, 0.05) is 0 Å². The maximum atomic E-state index is 6.46. The number of rotatable bonds is 2. The zero-order valence-corrected chi connectivity index (χ0v) is 17.1. The Morgan fingerprint density at radius 2 is 1.27 bits per heavy atom. The van der Waals surface area contributed by atoms with E-state index in [9.17, 15) is 0 Å². The molecule has 0 bridgehead atoms. The summed E-state index contributed by atoms with van der Waals surface area (Å²) in [4.78, 5) is 6.28. The van der Waals surface area contributed by atoms with Crippen molar-refractivity contribution in [3.05, 3.63) is 60.7 Å². The Bertz CT molecular complexity index is 681. The van der Waals surface area contributed by atoms with Gasteiger partial charge in [0.15, 0.2) is 0 Å². The maximum absolute atomic E-state index is 6.46. The first-order valence-corrected chi connectivity index (χ1v) is 16.0. The number of hydrogen-bond acceptors (Lipinski definition) is 3. The molecule has 10 heteroatoms. The molecule has 2 aromatic rings. The van der Waals surface area contributed by atoms with Crippen LogP contribution in [0.15, 0.2) is 65.2 Å². The number of nitrogens with one attached hydrogen (secondary N) is 2. The van der Waals surface area contributed by atoms with E-state index in [4.69, 9.17) is 49.5 Å². The van der Waals surface area contributed by atoms with Crippen molar-refractivity contribution in [3.8, 4) is 0 Å². The number of halogens is 4. The van der Waals surface area contributed by atoms with Crippen molar-refractivity contribution in [2.75, 3.05) is 0 Å². The first-order valence-electron chi connectivity index (χ1n) is 6.43. The Balaban J connectivity index is 2.30. The Morgan fingerprint density at radius 1 is 0.818 bits per heavy atom. The minimum atomic E-state index is -3.03. The second-order valence-corrected chi connectivity index (χ2v) is 19.7. The number of nitrogens with zero attached hydrogens (tertiary/aromatic N) is 1. The SMILES string of the molecule is ClP1(Cl)=N[PH](c2ccccc2)(c2ccccc2)N[PH](Cl)(Cl)N1. The standard InChI is InChI=1S/C12H14Cl4N3P3/c13-21(14)17-20(18-22(15,16)19-21,11-7-3-1-4-8-11)12-9-5-2-6-10-12/h1-10,17,19-21H. The van der Waals surface area contributed by atoms with Crippen LogP contribution < -0.4 is 20.3 Å². The Kier molecular flexibility index (Phi) is 5.14. The van der Waals surface area contributed by atoms with Gasteiger partial charge in [0.1, 0.15) is 0 Å². The van der Waals surface area contributed by atoms with Gasteiger partial charge in [-0.25, -0.2) is 0 Å². The molecule has 1 heterocycles. The first-order chi connectivity index (χ1) is 10.3. The molecular weight excluding hydrogens is 421 g/mol. The van der Waals surface area contributed by atoms with Gasteiger partial charge in [0.2, 0.25) is 0 Å². The fourth-order valence-corrected chi connectivity index (χ4v) is 23.5. The molecule has 1 aliphatic rings. The van der Waals surface area contributed by atoms with Crippen molar-refractivity contribution in [1.82, 2.24) is 9.72 Å². The average molecular weight is 435 g/mol. The molecule has 0 unspecified atom stereocenters. The molecule has 0 radical (unpaired) electrons. The molecule has 120 valence electrons.